The molecule has 0 unspecified atom stereocenters. The van der Waals surface area contributed by atoms with Crippen LogP contribution in [0.1, 0.15) is 29.5 Å². The van der Waals surface area contributed by atoms with Crippen LogP contribution in [0.15, 0.2) is 10.9 Å². The number of H-pyrrole nitrogens is 1. The summed E-state index contributed by atoms with van der Waals surface area (Å²) < 4.78 is 42.1. The second-order valence-corrected chi connectivity index (χ2v) is 2.80. The van der Waals surface area contributed by atoms with Crippen LogP contribution in [-0.4, -0.2) is 17.6 Å². The summed E-state index contributed by atoms with van der Waals surface area (Å²) in [6.45, 7) is 1.41. The number of carbonyl (C=O) groups excluding carboxylic acids is 1. The van der Waals surface area contributed by atoms with Crippen molar-refractivity contribution < 1.29 is 22.7 Å². The Bertz CT molecular complexity index is 456. The first-order valence-electron chi connectivity index (χ1n) is 4.35. The van der Waals surface area contributed by atoms with E-state index in [0.717, 1.165) is 0 Å². The van der Waals surface area contributed by atoms with E-state index in [1.165, 1.54) is 6.92 Å². The third kappa shape index (κ3) is 2.41. The molecule has 0 aliphatic heterocycles. The standard InChI is InChI=1S/C9H8F3NO3/c1-2-16-9(15)7-6(10)5(14)3-4(13-7)8(11)12/h3,8H,2H2,1H3,(H,13,14). The van der Waals surface area contributed by atoms with Crippen LogP contribution in [0.4, 0.5) is 13.2 Å². The molecule has 0 aliphatic carbocycles. The number of aromatic amines is 1. The van der Waals surface area contributed by atoms with Crippen LogP contribution in [0, 0.1) is 5.82 Å². The van der Waals surface area contributed by atoms with Crippen molar-refractivity contribution in [1.82, 2.24) is 4.98 Å². The van der Waals surface area contributed by atoms with Crippen LogP contribution >= 0.6 is 0 Å². The third-order valence-corrected chi connectivity index (χ3v) is 1.71. The van der Waals surface area contributed by atoms with Crippen molar-refractivity contribution in [2.24, 2.45) is 0 Å². The lowest BCUT2D eigenvalue weighted by Gasteiger charge is -2.05. The molecule has 1 aromatic heterocycles. The second-order valence-electron chi connectivity index (χ2n) is 2.80. The number of rotatable bonds is 3. The monoisotopic (exact) mass is 235 g/mol. The first-order chi connectivity index (χ1) is 7.47. The number of halogens is 3. The predicted molar refractivity (Wildman–Crippen MR) is 47.9 cm³/mol. The predicted octanol–water partition coefficient (Wildman–Crippen LogP) is 1.63. The van der Waals surface area contributed by atoms with E-state index in [-0.39, 0.29) is 6.61 Å². The molecule has 7 heteroatoms. The first-order valence-corrected chi connectivity index (χ1v) is 4.35. The minimum absolute atomic E-state index is 0.0563. The molecule has 0 bridgehead atoms. The fourth-order valence-corrected chi connectivity index (χ4v) is 1.02. The molecule has 0 aromatic carbocycles. The van der Waals surface area contributed by atoms with Gasteiger partial charge in [-0.15, -0.1) is 0 Å². The van der Waals surface area contributed by atoms with Gasteiger partial charge in [0.25, 0.3) is 6.43 Å². The highest BCUT2D eigenvalue weighted by Gasteiger charge is 2.20. The van der Waals surface area contributed by atoms with Gasteiger partial charge in [-0.2, -0.15) is 0 Å². The zero-order valence-electron chi connectivity index (χ0n) is 8.22. The molecular weight excluding hydrogens is 227 g/mol. The Morgan fingerprint density at radius 2 is 2.19 bits per heavy atom. The van der Waals surface area contributed by atoms with Crippen LogP contribution in [0.5, 0.6) is 0 Å². The number of hydrogen-bond acceptors (Lipinski definition) is 3. The molecule has 1 aromatic rings. The molecule has 0 radical (unpaired) electrons. The number of aromatic nitrogens is 1. The number of hydrogen-bond donors (Lipinski definition) is 1. The summed E-state index contributed by atoms with van der Waals surface area (Å²) in [7, 11) is 0. The molecule has 1 heterocycles. The average Bonchev–Trinajstić information content (AvgIpc) is 2.21. The minimum atomic E-state index is -3.00. The van der Waals surface area contributed by atoms with Gasteiger partial charge in [0.05, 0.1) is 12.3 Å². The molecule has 0 aliphatic rings. The van der Waals surface area contributed by atoms with E-state index >= 15 is 0 Å². The quantitative estimate of drug-likeness (QED) is 0.810. The number of carbonyl (C=O) groups is 1. The number of esters is 1. The maximum atomic E-state index is 13.1. The smallest absolute Gasteiger partial charge is 0.357 e. The molecule has 0 fully saturated rings. The second kappa shape index (κ2) is 4.82. The van der Waals surface area contributed by atoms with E-state index < -0.39 is 35.0 Å². The zero-order chi connectivity index (χ0) is 12.3. The topological polar surface area (TPSA) is 59.2 Å². The zero-order valence-corrected chi connectivity index (χ0v) is 8.22. The molecule has 0 atom stereocenters. The Morgan fingerprint density at radius 1 is 1.56 bits per heavy atom. The fourth-order valence-electron chi connectivity index (χ4n) is 1.02. The Labute approximate surface area is 88.0 Å². The van der Waals surface area contributed by atoms with E-state index in [2.05, 4.69) is 4.74 Å². The lowest BCUT2D eigenvalue weighted by Crippen LogP contribution is -2.19. The van der Waals surface area contributed by atoms with Gasteiger partial charge in [0.1, 0.15) is 0 Å². The van der Waals surface area contributed by atoms with Crippen LogP contribution in [-0.2, 0) is 4.74 Å². The number of alkyl halides is 2. The van der Waals surface area contributed by atoms with Crippen molar-refractivity contribution in [3.63, 3.8) is 0 Å². The fraction of sp³-hybridized carbons (Fsp3) is 0.333. The van der Waals surface area contributed by atoms with Crippen LogP contribution in [0.2, 0.25) is 0 Å². The lowest BCUT2D eigenvalue weighted by atomic mass is 10.3. The first kappa shape index (κ1) is 12.3. The van der Waals surface area contributed by atoms with Gasteiger partial charge in [-0.3, -0.25) is 4.79 Å². The largest absolute Gasteiger partial charge is 0.461 e. The van der Waals surface area contributed by atoms with Crippen molar-refractivity contribution in [3.05, 3.63) is 33.5 Å². The summed E-state index contributed by atoms with van der Waals surface area (Å²) in [6.07, 6.45) is -3.00. The van der Waals surface area contributed by atoms with Crippen molar-refractivity contribution >= 4 is 5.97 Å². The lowest BCUT2D eigenvalue weighted by molar-refractivity contribution is 0.0511. The molecule has 1 rings (SSSR count). The van der Waals surface area contributed by atoms with Gasteiger partial charge >= 0.3 is 5.97 Å². The number of ether oxygens (including phenoxy) is 1. The van der Waals surface area contributed by atoms with Gasteiger partial charge < -0.3 is 9.72 Å². The third-order valence-electron chi connectivity index (χ3n) is 1.71. The summed E-state index contributed by atoms with van der Waals surface area (Å²) in [5.74, 6) is -2.61. The van der Waals surface area contributed by atoms with Gasteiger partial charge in [0.2, 0.25) is 11.2 Å². The Balaban J connectivity index is 3.27. The van der Waals surface area contributed by atoms with Crippen molar-refractivity contribution in [3.8, 4) is 0 Å². The molecule has 0 saturated heterocycles. The average molecular weight is 235 g/mol. The molecule has 1 N–H and O–H groups in total. The molecule has 0 amide bonds. The van der Waals surface area contributed by atoms with E-state index in [9.17, 15) is 22.8 Å². The molecule has 16 heavy (non-hydrogen) atoms. The maximum absolute atomic E-state index is 13.1. The van der Waals surface area contributed by atoms with Gasteiger partial charge in [-0.05, 0) is 6.92 Å². The van der Waals surface area contributed by atoms with Crippen LogP contribution in [0.3, 0.4) is 0 Å². The number of pyridine rings is 1. The normalized spacial score (nSPS) is 10.6. The summed E-state index contributed by atoms with van der Waals surface area (Å²) in [5.41, 5.74) is -2.99. The van der Waals surface area contributed by atoms with Crippen molar-refractivity contribution in [2.75, 3.05) is 6.61 Å². The van der Waals surface area contributed by atoms with Crippen molar-refractivity contribution in [2.45, 2.75) is 13.3 Å². The Kier molecular flexibility index (Phi) is 3.70. The van der Waals surface area contributed by atoms with E-state index in [1.807, 2.05) is 4.98 Å². The summed E-state index contributed by atoms with van der Waals surface area (Å²) in [5, 5.41) is 0. The van der Waals surface area contributed by atoms with Gasteiger partial charge in [-0.1, -0.05) is 0 Å². The highest BCUT2D eigenvalue weighted by atomic mass is 19.3. The highest BCUT2D eigenvalue weighted by Crippen LogP contribution is 2.15. The summed E-state index contributed by atoms with van der Waals surface area (Å²) in [6, 6.07) is 0.405. The van der Waals surface area contributed by atoms with E-state index in [1.54, 1.807) is 0 Å². The van der Waals surface area contributed by atoms with Crippen LogP contribution in [0.25, 0.3) is 0 Å². The number of nitrogens with one attached hydrogen (secondary N) is 1. The summed E-state index contributed by atoms with van der Waals surface area (Å²) in [4.78, 5) is 23.9. The van der Waals surface area contributed by atoms with Crippen LogP contribution < -0.4 is 5.43 Å². The molecule has 0 spiro atoms. The molecule has 88 valence electrons. The Hall–Kier alpha value is -1.79. The van der Waals surface area contributed by atoms with E-state index in [0.29, 0.717) is 6.07 Å². The maximum Gasteiger partial charge on any atom is 0.357 e. The Morgan fingerprint density at radius 3 is 2.69 bits per heavy atom. The van der Waals surface area contributed by atoms with Gasteiger partial charge in [0, 0.05) is 6.07 Å². The molecule has 4 nitrogen and oxygen atoms in total. The SMILES string of the molecule is CCOC(=O)c1[nH]c(C(F)F)cc(=O)c1F. The molecule has 0 saturated carbocycles. The van der Waals surface area contributed by atoms with E-state index in [4.69, 9.17) is 0 Å². The van der Waals surface area contributed by atoms with Crippen molar-refractivity contribution in [1.29, 1.82) is 0 Å². The van der Waals surface area contributed by atoms with Gasteiger partial charge in [0.15, 0.2) is 5.69 Å². The molecular formula is C9H8F3NO3. The summed E-state index contributed by atoms with van der Waals surface area (Å²) >= 11 is 0. The minimum Gasteiger partial charge on any atom is -0.461 e. The van der Waals surface area contributed by atoms with Gasteiger partial charge in [-0.25, -0.2) is 18.0 Å². The highest BCUT2D eigenvalue weighted by molar-refractivity contribution is 5.87.